The van der Waals surface area contributed by atoms with Crippen LogP contribution < -0.4 is 0 Å². The average molecular weight is 300 g/mol. The molecule has 2 aromatic rings. The van der Waals surface area contributed by atoms with Gasteiger partial charge in [-0.25, -0.2) is 9.97 Å². The Morgan fingerprint density at radius 3 is 2.57 bits per heavy atom. The predicted octanol–water partition coefficient (Wildman–Crippen LogP) is 3.06. The van der Waals surface area contributed by atoms with E-state index in [1.165, 1.54) is 23.5 Å². The first-order chi connectivity index (χ1) is 10.2. The van der Waals surface area contributed by atoms with Gasteiger partial charge in [0.25, 0.3) is 5.91 Å². The summed E-state index contributed by atoms with van der Waals surface area (Å²) in [6.45, 7) is 1.28. The first-order valence-corrected chi connectivity index (χ1v) is 7.13. The first kappa shape index (κ1) is 13.8. The molecule has 1 amide bonds. The smallest absolute Gasteiger partial charge is 0.274 e. The van der Waals surface area contributed by atoms with E-state index < -0.39 is 0 Å². The first-order valence-electron chi connectivity index (χ1n) is 6.75. The molecule has 3 rings (SSSR count). The molecule has 1 aromatic heterocycles. The van der Waals surface area contributed by atoms with Crippen molar-refractivity contribution in [2.75, 3.05) is 13.1 Å². The fraction of sp³-hybridized carbons (Fsp3) is 0.188. The SMILES string of the molecule is O=C(c1cnc(Cl)cn1)N1CC=C(c2ccccc2)CC1. The highest BCUT2D eigenvalue weighted by atomic mass is 35.5. The zero-order valence-electron chi connectivity index (χ0n) is 11.4. The summed E-state index contributed by atoms with van der Waals surface area (Å²) >= 11 is 5.68. The standard InChI is InChI=1S/C16H14ClN3O/c17-15-11-18-14(10-19-15)16(21)20-8-6-13(7-9-20)12-4-2-1-3-5-12/h1-6,10-11H,7-9H2. The van der Waals surface area contributed by atoms with Gasteiger partial charge in [0.05, 0.1) is 12.4 Å². The van der Waals surface area contributed by atoms with Crippen molar-refractivity contribution >= 4 is 23.1 Å². The minimum Gasteiger partial charge on any atom is -0.333 e. The molecule has 4 nitrogen and oxygen atoms in total. The molecule has 1 aliphatic heterocycles. The van der Waals surface area contributed by atoms with Gasteiger partial charge in [0.2, 0.25) is 0 Å². The van der Waals surface area contributed by atoms with E-state index in [1.54, 1.807) is 4.90 Å². The number of benzene rings is 1. The monoisotopic (exact) mass is 299 g/mol. The van der Waals surface area contributed by atoms with Crippen LogP contribution >= 0.6 is 11.6 Å². The molecule has 1 aliphatic rings. The molecule has 0 fully saturated rings. The number of aromatic nitrogens is 2. The van der Waals surface area contributed by atoms with Crippen molar-refractivity contribution in [1.82, 2.24) is 14.9 Å². The molecule has 5 heteroatoms. The molecule has 0 spiro atoms. The van der Waals surface area contributed by atoms with Gasteiger partial charge < -0.3 is 4.90 Å². The second kappa shape index (κ2) is 6.06. The molecular weight excluding hydrogens is 286 g/mol. The number of carbonyl (C=O) groups is 1. The van der Waals surface area contributed by atoms with Crippen LogP contribution in [-0.2, 0) is 0 Å². The molecule has 21 heavy (non-hydrogen) atoms. The highest BCUT2D eigenvalue weighted by molar-refractivity contribution is 6.29. The quantitative estimate of drug-likeness (QED) is 0.856. The predicted molar refractivity (Wildman–Crippen MR) is 82.0 cm³/mol. The molecule has 0 atom stereocenters. The lowest BCUT2D eigenvalue weighted by Crippen LogP contribution is -2.35. The lowest BCUT2D eigenvalue weighted by molar-refractivity contribution is 0.0766. The molecule has 0 bridgehead atoms. The zero-order valence-corrected chi connectivity index (χ0v) is 12.1. The summed E-state index contributed by atoms with van der Waals surface area (Å²) in [5.74, 6) is -0.109. The normalized spacial score (nSPS) is 14.7. The number of amides is 1. The summed E-state index contributed by atoms with van der Waals surface area (Å²) in [5.41, 5.74) is 2.83. The second-order valence-corrected chi connectivity index (χ2v) is 5.21. The summed E-state index contributed by atoms with van der Waals surface area (Å²) in [6, 6.07) is 10.2. The van der Waals surface area contributed by atoms with Crippen LogP contribution in [0.5, 0.6) is 0 Å². The van der Waals surface area contributed by atoms with E-state index in [1.807, 2.05) is 18.2 Å². The van der Waals surface area contributed by atoms with E-state index >= 15 is 0 Å². The highest BCUT2D eigenvalue weighted by Crippen LogP contribution is 2.22. The summed E-state index contributed by atoms with van der Waals surface area (Å²) in [7, 11) is 0. The van der Waals surface area contributed by atoms with Gasteiger partial charge in [0, 0.05) is 13.1 Å². The lowest BCUT2D eigenvalue weighted by Gasteiger charge is -2.26. The Bertz CT molecular complexity index is 668. The van der Waals surface area contributed by atoms with E-state index in [0.717, 1.165) is 6.42 Å². The van der Waals surface area contributed by atoms with Crippen molar-refractivity contribution in [2.45, 2.75) is 6.42 Å². The number of carbonyl (C=O) groups excluding carboxylic acids is 1. The largest absolute Gasteiger partial charge is 0.333 e. The lowest BCUT2D eigenvalue weighted by atomic mass is 9.99. The summed E-state index contributed by atoms with van der Waals surface area (Å²) < 4.78 is 0. The Labute approximate surface area is 128 Å². The van der Waals surface area contributed by atoms with E-state index in [2.05, 4.69) is 28.2 Å². The Hall–Kier alpha value is -2.20. The average Bonchev–Trinajstić information content (AvgIpc) is 2.56. The van der Waals surface area contributed by atoms with E-state index in [-0.39, 0.29) is 11.1 Å². The van der Waals surface area contributed by atoms with Crippen LogP contribution in [0.25, 0.3) is 5.57 Å². The highest BCUT2D eigenvalue weighted by Gasteiger charge is 2.20. The van der Waals surface area contributed by atoms with Crippen molar-refractivity contribution in [2.24, 2.45) is 0 Å². The minimum atomic E-state index is -0.109. The topological polar surface area (TPSA) is 46.1 Å². The molecule has 2 heterocycles. The summed E-state index contributed by atoms with van der Waals surface area (Å²) in [6.07, 6.45) is 5.75. The molecule has 0 saturated heterocycles. The van der Waals surface area contributed by atoms with Crippen molar-refractivity contribution in [3.05, 3.63) is 65.2 Å². The van der Waals surface area contributed by atoms with Crippen LogP contribution in [0.3, 0.4) is 0 Å². The Kier molecular flexibility index (Phi) is 3.97. The number of hydrogen-bond donors (Lipinski definition) is 0. The van der Waals surface area contributed by atoms with Crippen molar-refractivity contribution in [3.8, 4) is 0 Å². The van der Waals surface area contributed by atoms with Gasteiger partial charge in [-0.3, -0.25) is 4.79 Å². The maximum Gasteiger partial charge on any atom is 0.274 e. The molecular formula is C16H14ClN3O. The maximum atomic E-state index is 12.3. The van der Waals surface area contributed by atoms with Crippen molar-refractivity contribution < 1.29 is 4.79 Å². The van der Waals surface area contributed by atoms with Crippen molar-refractivity contribution in [3.63, 3.8) is 0 Å². The van der Waals surface area contributed by atoms with Crippen LogP contribution in [0.1, 0.15) is 22.5 Å². The van der Waals surface area contributed by atoms with Gasteiger partial charge in [0.1, 0.15) is 10.8 Å². The fourth-order valence-corrected chi connectivity index (χ4v) is 2.45. The minimum absolute atomic E-state index is 0.109. The third-order valence-electron chi connectivity index (χ3n) is 3.48. The molecule has 0 N–H and O–H groups in total. The number of hydrogen-bond acceptors (Lipinski definition) is 3. The third kappa shape index (κ3) is 3.11. The van der Waals surface area contributed by atoms with Gasteiger partial charge in [-0.05, 0) is 17.6 Å². The van der Waals surface area contributed by atoms with Gasteiger partial charge in [-0.2, -0.15) is 0 Å². The molecule has 0 saturated carbocycles. The molecule has 1 aromatic carbocycles. The van der Waals surface area contributed by atoms with E-state index in [9.17, 15) is 4.79 Å². The van der Waals surface area contributed by atoms with Gasteiger partial charge >= 0.3 is 0 Å². The van der Waals surface area contributed by atoms with Crippen LogP contribution in [-0.4, -0.2) is 33.9 Å². The Morgan fingerprint density at radius 1 is 1.14 bits per heavy atom. The van der Waals surface area contributed by atoms with Crippen molar-refractivity contribution in [1.29, 1.82) is 0 Å². The fourth-order valence-electron chi connectivity index (χ4n) is 2.35. The number of rotatable bonds is 2. The Morgan fingerprint density at radius 2 is 1.95 bits per heavy atom. The van der Waals surface area contributed by atoms with Crippen LogP contribution in [0.2, 0.25) is 5.15 Å². The summed E-state index contributed by atoms with van der Waals surface area (Å²) in [5, 5.41) is 0.288. The molecule has 0 radical (unpaired) electrons. The van der Waals surface area contributed by atoms with Crippen LogP contribution in [0.4, 0.5) is 0 Å². The van der Waals surface area contributed by atoms with Gasteiger partial charge in [-0.1, -0.05) is 48.0 Å². The third-order valence-corrected chi connectivity index (χ3v) is 3.68. The van der Waals surface area contributed by atoms with Gasteiger partial charge in [0.15, 0.2) is 0 Å². The van der Waals surface area contributed by atoms with Crippen LogP contribution in [0, 0.1) is 0 Å². The summed E-state index contributed by atoms with van der Waals surface area (Å²) in [4.78, 5) is 22.0. The second-order valence-electron chi connectivity index (χ2n) is 4.82. The number of nitrogens with zero attached hydrogens (tertiary/aromatic N) is 3. The van der Waals surface area contributed by atoms with E-state index in [0.29, 0.717) is 18.8 Å². The maximum absolute atomic E-state index is 12.3. The zero-order chi connectivity index (χ0) is 14.7. The number of halogens is 1. The molecule has 0 unspecified atom stereocenters. The van der Waals surface area contributed by atoms with E-state index in [4.69, 9.17) is 11.6 Å². The molecule has 106 valence electrons. The Balaban J connectivity index is 1.72. The van der Waals surface area contributed by atoms with Gasteiger partial charge in [-0.15, -0.1) is 0 Å². The van der Waals surface area contributed by atoms with Crippen LogP contribution in [0.15, 0.2) is 48.8 Å². The molecule has 0 aliphatic carbocycles.